The van der Waals surface area contributed by atoms with Gasteiger partial charge in [0.1, 0.15) is 0 Å². The number of nitrogens with one attached hydrogen (secondary N) is 1. The molecular formula is C21H18ClN7O4S. The highest BCUT2D eigenvalue weighted by Crippen LogP contribution is 2.22. The second-order valence-corrected chi connectivity index (χ2v) is 9.93. The zero-order chi connectivity index (χ0) is 23.9. The first-order valence-electron chi connectivity index (χ1n) is 10.3. The molecule has 11 nitrogen and oxygen atoms in total. The van der Waals surface area contributed by atoms with Gasteiger partial charge >= 0.3 is 0 Å². The minimum absolute atomic E-state index is 0.0176. The Bertz CT molecular complexity index is 1470. The molecule has 4 aromatic rings. The van der Waals surface area contributed by atoms with E-state index in [1.54, 1.807) is 30.3 Å². The largest absolute Gasteiger partial charge is 0.619 e. The summed E-state index contributed by atoms with van der Waals surface area (Å²) in [6.07, 6.45) is 5.75. The van der Waals surface area contributed by atoms with Crippen LogP contribution in [0.1, 0.15) is 10.6 Å². The summed E-state index contributed by atoms with van der Waals surface area (Å²) in [7, 11) is -3.86. The van der Waals surface area contributed by atoms with Crippen LogP contribution in [0.25, 0.3) is 22.2 Å². The van der Waals surface area contributed by atoms with Crippen molar-refractivity contribution in [2.75, 3.05) is 26.2 Å². The molecule has 5 rings (SSSR count). The molecule has 0 radical (unpaired) electrons. The molecule has 3 aromatic heterocycles. The van der Waals surface area contributed by atoms with Gasteiger partial charge in [0.2, 0.25) is 11.0 Å². The maximum atomic E-state index is 13.0. The highest BCUT2D eigenvalue weighted by atomic mass is 35.5. The predicted octanol–water partition coefficient (Wildman–Crippen LogP) is 1.45. The molecule has 1 saturated heterocycles. The second kappa shape index (κ2) is 8.63. The third-order valence-corrected chi connectivity index (χ3v) is 7.47. The number of sulfonamides is 1. The van der Waals surface area contributed by atoms with E-state index >= 15 is 0 Å². The van der Waals surface area contributed by atoms with E-state index in [9.17, 15) is 18.4 Å². The van der Waals surface area contributed by atoms with Gasteiger partial charge < -0.3 is 15.1 Å². The molecular weight excluding hydrogens is 482 g/mol. The smallest absolute Gasteiger partial charge is 0.291 e. The molecule has 4 heterocycles. The lowest BCUT2D eigenvalue weighted by atomic mass is 10.1. The molecule has 1 aromatic carbocycles. The van der Waals surface area contributed by atoms with Crippen molar-refractivity contribution in [2.24, 2.45) is 0 Å². The fourth-order valence-electron chi connectivity index (χ4n) is 3.67. The van der Waals surface area contributed by atoms with Crippen molar-refractivity contribution < 1.29 is 17.9 Å². The number of carbonyl (C=O) groups excluding carboxylic acids is 1. The number of benzene rings is 1. The number of aromatic nitrogens is 5. The lowest BCUT2D eigenvalue weighted by Gasteiger charge is -2.33. The van der Waals surface area contributed by atoms with Crippen LogP contribution in [-0.4, -0.2) is 69.6 Å². The Morgan fingerprint density at radius 2 is 1.71 bits per heavy atom. The normalized spacial score (nSPS) is 15.0. The van der Waals surface area contributed by atoms with Crippen LogP contribution in [-0.2, 0) is 10.0 Å². The Morgan fingerprint density at radius 1 is 1.03 bits per heavy atom. The fourth-order valence-corrected chi connectivity index (χ4v) is 5.18. The van der Waals surface area contributed by atoms with E-state index in [1.165, 1.54) is 34.0 Å². The fraction of sp³-hybridized carbons (Fsp3) is 0.190. The first-order chi connectivity index (χ1) is 16.3. The van der Waals surface area contributed by atoms with Crippen LogP contribution in [0.15, 0.2) is 60.3 Å². The minimum Gasteiger partial charge on any atom is -0.619 e. The summed E-state index contributed by atoms with van der Waals surface area (Å²) < 4.78 is 28.0. The average Bonchev–Trinajstić information content (AvgIpc) is 3.28. The molecule has 13 heteroatoms. The van der Waals surface area contributed by atoms with E-state index in [1.807, 2.05) is 0 Å². The number of halogens is 1. The van der Waals surface area contributed by atoms with Crippen LogP contribution in [0.4, 0.5) is 0 Å². The summed E-state index contributed by atoms with van der Waals surface area (Å²) in [6.45, 7) is 0.612. The number of amides is 1. The van der Waals surface area contributed by atoms with E-state index in [0.29, 0.717) is 26.3 Å². The van der Waals surface area contributed by atoms with Gasteiger partial charge in [0.05, 0.1) is 11.0 Å². The third-order valence-electron chi connectivity index (χ3n) is 5.51. The first kappa shape index (κ1) is 22.2. The summed E-state index contributed by atoms with van der Waals surface area (Å²) in [6, 6.07) is 8.16. The maximum Gasteiger partial charge on any atom is 0.291 e. The number of rotatable bonds is 4. The minimum atomic E-state index is -3.86. The summed E-state index contributed by atoms with van der Waals surface area (Å²) in [5, 5.41) is 11.5. The standard InChI is InChI=1S/C21H18ClN7O4S/c22-16-1-2-17-18(11-16)26-21(25-17)34(32,33)29-9-7-27(8-10-29)20(30)19-23-12-15(13-24-19)14-3-5-28(31)6-4-14/h1-6,11-13H,7-10H2,(H,25,26). The van der Waals surface area contributed by atoms with Gasteiger partial charge in [-0.15, -0.1) is 0 Å². The Balaban J connectivity index is 1.26. The molecule has 0 saturated carbocycles. The van der Waals surface area contributed by atoms with Gasteiger partial charge in [-0.2, -0.15) is 9.04 Å². The molecule has 0 atom stereocenters. The van der Waals surface area contributed by atoms with Crippen molar-refractivity contribution in [2.45, 2.75) is 5.16 Å². The molecule has 1 amide bonds. The van der Waals surface area contributed by atoms with Gasteiger partial charge in [0.25, 0.3) is 15.9 Å². The molecule has 0 spiro atoms. The average molecular weight is 500 g/mol. The number of hydrogen-bond donors (Lipinski definition) is 1. The van der Waals surface area contributed by atoms with Crippen molar-refractivity contribution in [1.82, 2.24) is 29.1 Å². The number of carbonyl (C=O) groups is 1. The van der Waals surface area contributed by atoms with Crippen LogP contribution < -0.4 is 4.73 Å². The van der Waals surface area contributed by atoms with Crippen LogP contribution in [0.3, 0.4) is 0 Å². The summed E-state index contributed by atoms with van der Waals surface area (Å²) in [5.41, 5.74) is 2.45. The Labute approximate surface area is 199 Å². The van der Waals surface area contributed by atoms with E-state index < -0.39 is 10.0 Å². The lowest BCUT2D eigenvalue weighted by molar-refractivity contribution is -0.605. The monoisotopic (exact) mass is 499 g/mol. The summed E-state index contributed by atoms with van der Waals surface area (Å²) >= 11 is 5.97. The third kappa shape index (κ3) is 4.18. The SMILES string of the molecule is O=C(c1ncc(-c2cc[n+]([O-])cc2)cn1)N1CCN(S(=O)(=O)c2nc3ccc(Cl)cc3[nH]2)CC1. The number of H-pyrrole nitrogens is 1. The highest BCUT2D eigenvalue weighted by Gasteiger charge is 2.33. The van der Waals surface area contributed by atoms with E-state index in [-0.39, 0.29) is 43.1 Å². The first-order valence-corrected chi connectivity index (χ1v) is 12.1. The zero-order valence-corrected chi connectivity index (χ0v) is 19.2. The van der Waals surface area contributed by atoms with Crippen molar-refractivity contribution >= 4 is 38.6 Å². The van der Waals surface area contributed by atoms with Crippen LogP contribution in [0.2, 0.25) is 5.02 Å². The lowest BCUT2D eigenvalue weighted by Crippen LogP contribution is -2.50. The quantitative estimate of drug-likeness (QED) is 0.331. The Hall–Kier alpha value is -3.61. The van der Waals surface area contributed by atoms with Crippen LogP contribution >= 0.6 is 11.6 Å². The molecule has 1 fully saturated rings. The van der Waals surface area contributed by atoms with Gasteiger partial charge in [0.15, 0.2) is 12.4 Å². The van der Waals surface area contributed by atoms with Gasteiger partial charge in [-0.1, -0.05) is 11.6 Å². The number of pyridine rings is 1. The van der Waals surface area contributed by atoms with Crippen LogP contribution in [0, 0.1) is 5.21 Å². The Kier molecular flexibility index (Phi) is 5.63. The molecule has 0 bridgehead atoms. The number of fused-ring (bicyclic) bond motifs is 1. The number of nitrogens with zero attached hydrogens (tertiary/aromatic N) is 6. The molecule has 1 aliphatic heterocycles. The molecule has 0 aliphatic carbocycles. The van der Waals surface area contributed by atoms with Crippen molar-refractivity contribution in [3.63, 3.8) is 0 Å². The van der Waals surface area contributed by atoms with E-state index in [2.05, 4.69) is 19.9 Å². The van der Waals surface area contributed by atoms with Crippen molar-refractivity contribution in [1.29, 1.82) is 0 Å². The van der Waals surface area contributed by atoms with Crippen molar-refractivity contribution in [3.05, 3.63) is 71.2 Å². The van der Waals surface area contributed by atoms with E-state index in [4.69, 9.17) is 11.6 Å². The van der Waals surface area contributed by atoms with Crippen LogP contribution in [0.5, 0.6) is 0 Å². The van der Waals surface area contributed by atoms with Gasteiger partial charge in [0, 0.05) is 61.3 Å². The molecule has 174 valence electrons. The zero-order valence-electron chi connectivity index (χ0n) is 17.6. The molecule has 0 unspecified atom stereocenters. The van der Waals surface area contributed by atoms with E-state index in [0.717, 1.165) is 5.56 Å². The number of aromatic amines is 1. The number of piperazine rings is 1. The van der Waals surface area contributed by atoms with Gasteiger partial charge in [-0.3, -0.25) is 4.79 Å². The Morgan fingerprint density at radius 3 is 2.38 bits per heavy atom. The highest BCUT2D eigenvalue weighted by molar-refractivity contribution is 7.89. The molecule has 1 N–H and O–H groups in total. The summed E-state index contributed by atoms with van der Waals surface area (Å²) in [4.78, 5) is 29.6. The van der Waals surface area contributed by atoms with Crippen molar-refractivity contribution in [3.8, 4) is 11.1 Å². The number of imidazole rings is 1. The topological polar surface area (TPSA) is 139 Å². The number of hydrogen-bond acceptors (Lipinski definition) is 7. The maximum absolute atomic E-state index is 13.0. The molecule has 1 aliphatic rings. The van der Waals surface area contributed by atoms with Gasteiger partial charge in [-0.25, -0.2) is 23.4 Å². The second-order valence-electron chi connectivity index (χ2n) is 7.64. The predicted molar refractivity (Wildman–Crippen MR) is 122 cm³/mol. The van der Waals surface area contributed by atoms with Gasteiger partial charge in [-0.05, 0) is 23.8 Å². The summed E-state index contributed by atoms with van der Waals surface area (Å²) in [5.74, 6) is -0.364. The molecule has 34 heavy (non-hydrogen) atoms.